The minimum absolute atomic E-state index is 0.140. The first kappa shape index (κ1) is 15.9. The van der Waals surface area contributed by atoms with Gasteiger partial charge in [-0.2, -0.15) is 4.98 Å². The lowest BCUT2D eigenvalue weighted by atomic mass is 10.00. The van der Waals surface area contributed by atoms with Gasteiger partial charge in [0.1, 0.15) is 5.82 Å². The summed E-state index contributed by atoms with van der Waals surface area (Å²) in [7, 11) is 0. The van der Waals surface area contributed by atoms with E-state index >= 15 is 0 Å². The third-order valence-corrected chi connectivity index (χ3v) is 5.09. The molecule has 0 aliphatic carbocycles. The molecule has 1 saturated heterocycles. The second-order valence-electron chi connectivity index (χ2n) is 6.65. The van der Waals surface area contributed by atoms with Crippen molar-refractivity contribution >= 4 is 17.7 Å². The van der Waals surface area contributed by atoms with Crippen LogP contribution >= 0.6 is 0 Å². The average Bonchev–Trinajstić information content (AvgIpc) is 2.68. The average molecular weight is 337 g/mol. The lowest BCUT2D eigenvalue weighted by molar-refractivity contribution is -0.129. The summed E-state index contributed by atoms with van der Waals surface area (Å²) in [6, 6.07) is 10.6. The Bertz CT molecular complexity index is 770. The molecular weight excluding hydrogens is 314 g/mol. The molecule has 0 saturated carbocycles. The molecule has 25 heavy (non-hydrogen) atoms. The zero-order valence-electron chi connectivity index (χ0n) is 14.6. The van der Waals surface area contributed by atoms with Crippen molar-refractivity contribution in [1.29, 1.82) is 0 Å². The van der Waals surface area contributed by atoms with Crippen molar-refractivity contribution in [3.05, 3.63) is 47.7 Å². The molecule has 4 rings (SSSR count). The molecule has 1 aromatic carbocycles. The molecule has 2 aromatic rings. The third kappa shape index (κ3) is 3.29. The van der Waals surface area contributed by atoms with Crippen LogP contribution in [0, 0.1) is 0 Å². The number of hydrogen-bond acceptors (Lipinski definition) is 5. The Balaban J connectivity index is 1.48. The first-order valence-corrected chi connectivity index (χ1v) is 8.86. The van der Waals surface area contributed by atoms with Crippen LogP contribution in [-0.2, 0) is 17.8 Å². The van der Waals surface area contributed by atoms with E-state index in [-0.39, 0.29) is 5.91 Å². The number of benzene rings is 1. The highest BCUT2D eigenvalue weighted by Crippen LogP contribution is 2.24. The highest BCUT2D eigenvalue weighted by atomic mass is 16.2. The Morgan fingerprint density at radius 1 is 0.960 bits per heavy atom. The van der Waals surface area contributed by atoms with Gasteiger partial charge in [-0.3, -0.25) is 4.79 Å². The largest absolute Gasteiger partial charge is 0.352 e. The van der Waals surface area contributed by atoms with E-state index in [2.05, 4.69) is 39.0 Å². The zero-order valence-corrected chi connectivity index (χ0v) is 14.6. The number of hydrogen-bond donors (Lipinski definition) is 0. The number of rotatable bonds is 2. The number of piperazine rings is 1. The van der Waals surface area contributed by atoms with Crippen LogP contribution in [0.5, 0.6) is 0 Å². The number of amides is 1. The summed E-state index contributed by atoms with van der Waals surface area (Å²) in [5.41, 5.74) is 2.82. The van der Waals surface area contributed by atoms with Gasteiger partial charge in [-0.15, -0.1) is 0 Å². The molecule has 2 aliphatic rings. The van der Waals surface area contributed by atoms with E-state index in [0.717, 1.165) is 57.5 Å². The van der Waals surface area contributed by atoms with Gasteiger partial charge in [0.25, 0.3) is 0 Å². The number of carbonyl (C=O) groups excluding carboxylic acids is 1. The summed E-state index contributed by atoms with van der Waals surface area (Å²) in [6.07, 6.45) is 2.89. The molecular formula is C19H23N5O. The highest BCUT2D eigenvalue weighted by Gasteiger charge is 2.22. The normalized spacial score (nSPS) is 17.4. The molecule has 1 fully saturated rings. The minimum atomic E-state index is 0.140. The van der Waals surface area contributed by atoms with E-state index < -0.39 is 0 Å². The Morgan fingerprint density at radius 3 is 2.48 bits per heavy atom. The summed E-state index contributed by atoms with van der Waals surface area (Å²) in [4.78, 5) is 27.1. The maximum atomic E-state index is 11.5. The highest BCUT2D eigenvalue weighted by molar-refractivity contribution is 5.73. The summed E-state index contributed by atoms with van der Waals surface area (Å²) in [6.45, 7) is 6.54. The number of fused-ring (bicyclic) bond motifs is 1. The minimum Gasteiger partial charge on any atom is -0.352 e. The predicted molar refractivity (Wildman–Crippen MR) is 97.7 cm³/mol. The van der Waals surface area contributed by atoms with E-state index in [0.29, 0.717) is 0 Å². The Kier molecular flexibility index (Phi) is 4.26. The van der Waals surface area contributed by atoms with Gasteiger partial charge in [-0.1, -0.05) is 24.3 Å². The summed E-state index contributed by atoms with van der Waals surface area (Å²) < 4.78 is 0. The van der Waals surface area contributed by atoms with Gasteiger partial charge in [-0.25, -0.2) is 4.98 Å². The predicted octanol–water partition coefficient (Wildman–Crippen LogP) is 1.71. The SMILES string of the molecule is CC(=O)N1CCN(c2nccc(N3CCc4ccccc4C3)n2)CC1. The molecule has 0 radical (unpaired) electrons. The van der Waals surface area contributed by atoms with E-state index in [9.17, 15) is 4.79 Å². The summed E-state index contributed by atoms with van der Waals surface area (Å²) in [5.74, 6) is 1.88. The van der Waals surface area contributed by atoms with Gasteiger partial charge >= 0.3 is 0 Å². The van der Waals surface area contributed by atoms with Gasteiger partial charge in [0, 0.05) is 52.4 Å². The molecule has 0 spiro atoms. The van der Waals surface area contributed by atoms with Crippen LogP contribution in [0.25, 0.3) is 0 Å². The van der Waals surface area contributed by atoms with Crippen LogP contribution in [0.2, 0.25) is 0 Å². The first-order chi connectivity index (χ1) is 12.2. The van der Waals surface area contributed by atoms with Crippen molar-refractivity contribution in [3.63, 3.8) is 0 Å². The molecule has 6 nitrogen and oxygen atoms in total. The van der Waals surface area contributed by atoms with Crippen LogP contribution in [0.15, 0.2) is 36.5 Å². The van der Waals surface area contributed by atoms with Gasteiger partial charge in [0.2, 0.25) is 11.9 Å². The fraction of sp³-hybridized carbons (Fsp3) is 0.421. The molecule has 6 heteroatoms. The van der Waals surface area contributed by atoms with E-state index in [1.54, 1.807) is 6.92 Å². The van der Waals surface area contributed by atoms with Gasteiger partial charge < -0.3 is 14.7 Å². The fourth-order valence-corrected chi connectivity index (χ4v) is 3.58. The quantitative estimate of drug-likeness (QED) is 0.835. The lowest BCUT2D eigenvalue weighted by Gasteiger charge is -2.35. The zero-order chi connectivity index (χ0) is 17.2. The van der Waals surface area contributed by atoms with Crippen molar-refractivity contribution < 1.29 is 4.79 Å². The molecule has 0 bridgehead atoms. The molecule has 0 N–H and O–H groups in total. The topological polar surface area (TPSA) is 52.6 Å². The first-order valence-electron chi connectivity index (χ1n) is 8.86. The molecule has 3 heterocycles. The molecule has 1 amide bonds. The maximum Gasteiger partial charge on any atom is 0.227 e. The van der Waals surface area contributed by atoms with Crippen LogP contribution in [-0.4, -0.2) is 53.5 Å². The number of carbonyl (C=O) groups is 1. The molecule has 130 valence electrons. The van der Waals surface area contributed by atoms with Crippen molar-refractivity contribution in [2.45, 2.75) is 19.9 Å². The molecule has 0 unspecified atom stereocenters. The van der Waals surface area contributed by atoms with Crippen molar-refractivity contribution in [2.24, 2.45) is 0 Å². The second-order valence-corrected chi connectivity index (χ2v) is 6.65. The molecule has 2 aliphatic heterocycles. The smallest absolute Gasteiger partial charge is 0.227 e. The fourth-order valence-electron chi connectivity index (χ4n) is 3.58. The van der Waals surface area contributed by atoms with Gasteiger partial charge in [0.15, 0.2) is 0 Å². The standard InChI is InChI=1S/C19H23N5O/c1-15(25)22-10-12-23(13-11-22)19-20-8-6-18(21-19)24-9-7-16-4-2-3-5-17(16)14-24/h2-6,8H,7,9-14H2,1H3. The van der Waals surface area contributed by atoms with Gasteiger partial charge in [0.05, 0.1) is 0 Å². The number of anilines is 2. The van der Waals surface area contributed by atoms with Crippen molar-refractivity contribution in [2.75, 3.05) is 42.5 Å². The lowest BCUT2D eigenvalue weighted by Crippen LogP contribution is -2.48. The van der Waals surface area contributed by atoms with E-state index in [1.165, 1.54) is 11.1 Å². The van der Waals surface area contributed by atoms with Gasteiger partial charge in [-0.05, 0) is 23.6 Å². The number of nitrogens with zero attached hydrogens (tertiary/aromatic N) is 5. The van der Waals surface area contributed by atoms with E-state index in [1.807, 2.05) is 17.2 Å². The van der Waals surface area contributed by atoms with Crippen LogP contribution in [0.4, 0.5) is 11.8 Å². The van der Waals surface area contributed by atoms with Crippen molar-refractivity contribution in [3.8, 4) is 0 Å². The molecule has 1 aromatic heterocycles. The number of aromatic nitrogens is 2. The van der Waals surface area contributed by atoms with Crippen LogP contribution in [0.1, 0.15) is 18.1 Å². The van der Waals surface area contributed by atoms with Crippen LogP contribution in [0.3, 0.4) is 0 Å². The van der Waals surface area contributed by atoms with Crippen LogP contribution < -0.4 is 9.80 Å². The summed E-state index contributed by atoms with van der Waals surface area (Å²) >= 11 is 0. The van der Waals surface area contributed by atoms with Crippen molar-refractivity contribution in [1.82, 2.24) is 14.9 Å². The third-order valence-electron chi connectivity index (χ3n) is 5.09. The Morgan fingerprint density at radius 2 is 1.72 bits per heavy atom. The Hall–Kier alpha value is -2.63. The summed E-state index contributed by atoms with van der Waals surface area (Å²) in [5, 5.41) is 0. The maximum absolute atomic E-state index is 11.5. The molecule has 0 atom stereocenters. The second kappa shape index (κ2) is 6.70. The Labute approximate surface area is 148 Å². The van der Waals surface area contributed by atoms with E-state index in [4.69, 9.17) is 4.98 Å². The monoisotopic (exact) mass is 337 g/mol.